The Hall–Kier alpha value is -1.30. The van der Waals surface area contributed by atoms with Crippen LogP contribution >= 0.6 is 0 Å². The summed E-state index contributed by atoms with van der Waals surface area (Å²) < 4.78 is 0. The van der Waals surface area contributed by atoms with Crippen molar-refractivity contribution in [3.8, 4) is 0 Å². The molecule has 0 saturated carbocycles. The molecule has 0 heteroatoms. The minimum atomic E-state index is 1.19. The first-order valence-electron chi connectivity index (χ1n) is 6.36. The lowest BCUT2D eigenvalue weighted by atomic mass is 9.89. The van der Waals surface area contributed by atoms with Crippen molar-refractivity contribution in [3.63, 3.8) is 0 Å². The number of unbranched alkanes of at least 4 members (excludes halogenated alkanes) is 1. The van der Waals surface area contributed by atoms with Gasteiger partial charge in [-0.15, -0.1) is 0 Å². The highest BCUT2D eigenvalue weighted by Crippen LogP contribution is 2.30. The topological polar surface area (TPSA) is 0 Å². The van der Waals surface area contributed by atoms with Crippen LogP contribution in [0.15, 0.2) is 48.1 Å². The molecule has 0 bridgehead atoms. The molecule has 0 aliphatic heterocycles. The lowest BCUT2D eigenvalue weighted by molar-refractivity contribution is 0.792. The smallest absolute Gasteiger partial charge is 0.0222 e. The van der Waals surface area contributed by atoms with E-state index in [9.17, 15) is 0 Å². The van der Waals surface area contributed by atoms with E-state index in [0.717, 1.165) is 0 Å². The lowest BCUT2D eigenvalue weighted by Gasteiger charge is -2.16. The second-order valence-corrected chi connectivity index (χ2v) is 4.41. The van der Waals surface area contributed by atoms with Crippen molar-refractivity contribution < 1.29 is 0 Å². The molecule has 16 heavy (non-hydrogen) atoms. The quantitative estimate of drug-likeness (QED) is 0.660. The SMILES string of the molecule is CCCCC1=C(c2ccccc2)CCC=C1. The molecule has 1 aliphatic rings. The molecule has 2 rings (SSSR count). The van der Waals surface area contributed by atoms with Gasteiger partial charge in [0, 0.05) is 0 Å². The average Bonchev–Trinajstić information content (AvgIpc) is 2.38. The van der Waals surface area contributed by atoms with Gasteiger partial charge in [-0.25, -0.2) is 0 Å². The fourth-order valence-electron chi connectivity index (χ4n) is 2.28. The van der Waals surface area contributed by atoms with Gasteiger partial charge in [0.05, 0.1) is 0 Å². The van der Waals surface area contributed by atoms with Crippen LogP contribution in [0, 0.1) is 0 Å². The highest BCUT2D eigenvalue weighted by atomic mass is 14.1. The summed E-state index contributed by atoms with van der Waals surface area (Å²) in [5.41, 5.74) is 4.54. The molecule has 0 aromatic heterocycles. The Labute approximate surface area is 98.7 Å². The molecule has 0 heterocycles. The van der Waals surface area contributed by atoms with Crippen LogP contribution in [-0.2, 0) is 0 Å². The summed E-state index contributed by atoms with van der Waals surface area (Å²) in [7, 11) is 0. The molecule has 0 saturated heterocycles. The first-order chi connectivity index (χ1) is 7.92. The number of hydrogen-bond donors (Lipinski definition) is 0. The second kappa shape index (κ2) is 5.69. The molecule has 1 aliphatic carbocycles. The van der Waals surface area contributed by atoms with E-state index in [4.69, 9.17) is 0 Å². The van der Waals surface area contributed by atoms with Crippen molar-refractivity contribution in [2.45, 2.75) is 39.0 Å². The van der Waals surface area contributed by atoms with E-state index in [1.165, 1.54) is 37.7 Å². The zero-order valence-electron chi connectivity index (χ0n) is 10.1. The molecule has 0 atom stereocenters. The van der Waals surface area contributed by atoms with Crippen LogP contribution in [0.4, 0.5) is 0 Å². The summed E-state index contributed by atoms with van der Waals surface area (Å²) in [5.74, 6) is 0. The highest BCUT2D eigenvalue weighted by Gasteiger charge is 2.09. The molecule has 0 unspecified atom stereocenters. The van der Waals surface area contributed by atoms with Crippen LogP contribution in [0.5, 0.6) is 0 Å². The van der Waals surface area contributed by atoms with Crippen LogP contribution in [-0.4, -0.2) is 0 Å². The van der Waals surface area contributed by atoms with E-state index in [1.54, 1.807) is 11.1 Å². The fourth-order valence-corrected chi connectivity index (χ4v) is 2.28. The molecule has 0 N–H and O–H groups in total. The Bertz CT molecular complexity index is 382. The van der Waals surface area contributed by atoms with Crippen LogP contribution in [0.25, 0.3) is 5.57 Å². The van der Waals surface area contributed by atoms with E-state index in [0.29, 0.717) is 0 Å². The summed E-state index contributed by atoms with van der Waals surface area (Å²) in [6, 6.07) is 10.8. The van der Waals surface area contributed by atoms with E-state index >= 15 is 0 Å². The summed E-state index contributed by atoms with van der Waals surface area (Å²) in [6.07, 6.45) is 10.9. The number of rotatable bonds is 4. The maximum absolute atomic E-state index is 2.33. The van der Waals surface area contributed by atoms with Crippen molar-refractivity contribution in [2.24, 2.45) is 0 Å². The van der Waals surface area contributed by atoms with Crippen LogP contribution in [0.1, 0.15) is 44.6 Å². The Morgan fingerprint density at radius 3 is 2.69 bits per heavy atom. The van der Waals surface area contributed by atoms with Gasteiger partial charge < -0.3 is 0 Å². The highest BCUT2D eigenvalue weighted by molar-refractivity contribution is 5.72. The van der Waals surface area contributed by atoms with E-state index < -0.39 is 0 Å². The van der Waals surface area contributed by atoms with E-state index in [2.05, 4.69) is 49.4 Å². The number of hydrogen-bond acceptors (Lipinski definition) is 0. The fraction of sp³-hybridized carbons (Fsp3) is 0.375. The van der Waals surface area contributed by atoms with Crippen LogP contribution in [0.2, 0.25) is 0 Å². The normalized spacial score (nSPS) is 15.6. The van der Waals surface area contributed by atoms with Crippen molar-refractivity contribution in [1.29, 1.82) is 0 Å². The van der Waals surface area contributed by atoms with Crippen molar-refractivity contribution in [2.75, 3.05) is 0 Å². The summed E-state index contributed by atoms with van der Waals surface area (Å²) in [6.45, 7) is 2.26. The first kappa shape index (κ1) is 11.2. The second-order valence-electron chi connectivity index (χ2n) is 4.41. The predicted molar refractivity (Wildman–Crippen MR) is 71.3 cm³/mol. The zero-order chi connectivity index (χ0) is 11.2. The van der Waals surface area contributed by atoms with Crippen LogP contribution in [0.3, 0.4) is 0 Å². The van der Waals surface area contributed by atoms with Gasteiger partial charge in [0.25, 0.3) is 0 Å². The molecule has 0 fully saturated rings. The first-order valence-corrected chi connectivity index (χ1v) is 6.36. The third kappa shape index (κ3) is 2.63. The minimum Gasteiger partial charge on any atom is -0.0839 e. The summed E-state index contributed by atoms with van der Waals surface area (Å²) in [4.78, 5) is 0. The molecule has 0 nitrogen and oxygen atoms in total. The zero-order valence-corrected chi connectivity index (χ0v) is 10.1. The lowest BCUT2D eigenvalue weighted by Crippen LogP contribution is -1.95. The summed E-state index contributed by atoms with van der Waals surface area (Å²) in [5, 5.41) is 0. The Morgan fingerprint density at radius 2 is 1.94 bits per heavy atom. The largest absolute Gasteiger partial charge is 0.0839 e. The Kier molecular flexibility index (Phi) is 3.98. The molecular formula is C16H20. The van der Waals surface area contributed by atoms with Gasteiger partial charge in [0.1, 0.15) is 0 Å². The third-order valence-electron chi connectivity index (χ3n) is 3.19. The molecule has 84 valence electrons. The van der Waals surface area contributed by atoms with Gasteiger partial charge in [-0.1, -0.05) is 55.8 Å². The molecule has 0 amide bonds. The molecular weight excluding hydrogens is 192 g/mol. The van der Waals surface area contributed by atoms with Gasteiger partial charge in [-0.05, 0) is 42.4 Å². The van der Waals surface area contributed by atoms with Crippen LogP contribution < -0.4 is 0 Å². The Morgan fingerprint density at radius 1 is 1.12 bits per heavy atom. The standard InChI is InChI=1S/C16H20/c1-2-3-9-14-12-7-8-13-16(14)15-10-5-4-6-11-15/h4-7,10-12H,2-3,8-9,13H2,1H3. The van der Waals surface area contributed by atoms with Gasteiger partial charge >= 0.3 is 0 Å². The minimum absolute atomic E-state index is 1.19. The maximum atomic E-state index is 2.33. The van der Waals surface area contributed by atoms with E-state index in [1.807, 2.05) is 0 Å². The molecule has 1 aromatic carbocycles. The average molecular weight is 212 g/mol. The predicted octanol–water partition coefficient (Wildman–Crippen LogP) is 4.98. The van der Waals surface area contributed by atoms with Gasteiger partial charge in [0.2, 0.25) is 0 Å². The maximum Gasteiger partial charge on any atom is -0.0222 e. The van der Waals surface area contributed by atoms with Gasteiger partial charge in [-0.2, -0.15) is 0 Å². The number of benzene rings is 1. The molecule has 0 spiro atoms. The van der Waals surface area contributed by atoms with Crippen molar-refractivity contribution >= 4 is 5.57 Å². The van der Waals surface area contributed by atoms with Crippen molar-refractivity contribution in [1.82, 2.24) is 0 Å². The van der Waals surface area contributed by atoms with Crippen molar-refractivity contribution in [3.05, 3.63) is 53.6 Å². The molecule has 1 aromatic rings. The van der Waals surface area contributed by atoms with Gasteiger partial charge in [-0.3, -0.25) is 0 Å². The monoisotopic (exact) mass is 212 g/mol. The number of allylic oxidation sites excluding steroid dienone is 4. The summed E-state index contributed by atoms with van der Waals surface area (Å²) >= 11 is 0. The Balaban J connectivity index is 2.27. The van der Waals surface area contributed by atoms with E-state index in [-0.39, 0.29) is 0 Å². The third-order valence-corrected chi connectivity index (χ3v) is 3.19. The molecule has 0 radical (unpaired) electrons. The van der Waals surface area contributed by atoms with Gasteiger partial charge in [0.15, 0.2) is 0 Å².